The third-order valence-corrected chi connectivity index (χ3v) is 2.63. The van der Waals surface area contributed by atoms with Gasteiger partial charge in [0.05, 0.1) is 12.3 Å². The fourth-order valence-corrected chi connectivity index (χ4v) is 1.59. The van der Waals surface area contributed by atoms with E-state index in [1.165, 1.54) is 10.7 Å². The maximum atomic E-state index is 11.8. The van der Waals surface area contributed by atoms with Crippen LogP contribution in [0.2, 0.25) is 0 Å². The highest BCUT2D eigenvalue weighted by Gasteiger charge is 2.20. The van der Waals surface area contributed by atoms with Gasteiger partial charge in [0.2, 0.25) is 0 Å². The molecule has 1 amide bonds. The zero-order chi connectivity index (χ0) is 14.5. The molecular formula is C13H13N3O4. The van der Waals surface area contributed by atoms with E-state index in [0.29, 0.717) is 0 Å². The number of nitrogens with zero attached hydrogens (tertiary/aromatic N) is 2. The van der Waals surface area contributed by atoms with Crippen molar-refractivity contribution in [1.82, 2.24) is 15.1 Å². The first kappa shape index (κ1) is 13.8. The van der Waals surface area contributed by atoms with Crippen LogP contribution in [-0.2, 0) is 4.79 Å². The average Bonchev–Trinajstić information content (AvgIpc) is 2.95. The van der Waals surface area contributed by atoms with E-state index in [0.717, 1.165) is 5.69 Å². The van der Waals surface area contributed by atoms with Crippen molar-refractivity contribution in [3.8, 4) is 5.69 Å². The topological polar surface area (TPSA) is 104 Å². The summed E-state index contributed by atoms with van der Waals surface area (Å²) in [7, 11) is 0. The molecule has 0 radical (unpaired) electrons. The summed E-state index contributed by atoms with van der Waals surface area (Å²) < 4.78 is 1.50. The summed E-state index contributed by atoms with van der Waals surface area (Å²) >= 11 is 0. The molecule has 1 aromatic carbocycles. The average molecular weight is 275 g/mol. The first-order valence-electron chi connectivity index (χ1n) is 5.87. The first-order chi connectivity index (χ1) is 9.61. The van der Waals surface area contributed by atoms with Crippen LogP contribution in [0.4, 0.5) is 0 Å². The molecule has 2 aromatic rings. The van der Waals surface area contributed by atoms with Crippen molar-refractivity contribution in [3.63, 3.8) is 0 Å². The smallest absolute Gasteiger partial charge is 0.328 e. The second kappa shape index (κ2) is 5.98. The Morgan fingerprint density at radius 1 is 1.25 bits per heavy atom. The number of para-hydroxylation sites is 1. The van der Waals surface area contributed by atoms with Crippen molar-refractivity contribution in [2.45, 2.75) is 6.04 Å². The molecule has 3 N–H and O–H groups in total. The lowest BCUT2D eigenvalue weighted by Crippen LogP contribution is -2.43. The molecule has 1 atom stereocenters. The number of aliphatic hydroxyl groups excluding tert-OH is 1. The molecular weight excluding hydrogens is 262 g/mol. The Morgan fingerprint density at radius 2 is 1.95 bits per heavy atom. The predicted molar refractivity (Wildman–Crippen MR) is 69.5 cm³/mol. The van der Waals surface area contributed by atoms with Gasteiger partial charge < -0.3 is 15.5 Å². The molecule has 7 nitrogen and oxygen atoms in total. The fourth-order valence-electron chi connectivity index (χ4n) is 1.59. The number of carboxylic acids is 1. The predicted octanol–water partition coefficient (Wildman–Crippen LogP) is 0.0476. The number of hydrogen-bond acceptors (Lipinski definition) is 4. The molecule has 0 spiro atoms. The van der Waals surface area contributed by atoms with E-state index in [2.05, 4.69) is 10.4 Å². The molecule has 1 unspecified atom stereocenters. The SMILES string of the molecule is O=C(NC(CO)C(=O)O)c1ccn(-c2ccccc2)n1. The normalized spacial score (nSPS) is 11.8. The maximum absolute atomic E-state index is 11.8. The third kappa shape index (κ3) is 3.01. The molecule has 0 aliphatic rings. The highest BCUT2D eigenvalue weighted by molar-refractivity contribution is 5.94. The summed E-state index contributed by atoms with van der Waals surface area (Å²) in [4.78, 5) is 22.5. The number of carbonyl (C=O) groups excluding carboxylic acids is 1. The number of amides is 1. The van der Waals surface area contributed by atoms with Gasteiger partial charge in [-0.15, -0.1) is 0 Å². The lowest BCUT2D eigenvalue weighted by molar-refractivity contribution is -0.140. The van der Waals surface area contributed by atoms with Gasteiger partial charge in [-0.05, 0) is 18.2 Å². The van der Waals surface area contributed by atoms with Gasteiger partial charge in [-0.25, -0.2) is 9.48 Å². The minimum Gasteiger partial charge on any atom is -0.480 e. The molecule has 20 heavy (non-hydrogen) atoms. The standard InChI is InChI=1S/C13H13N3O4/c17-8-11(13(19)20)14-12(18)10-6-7-16(15-10)9-4-2-1-3-5-9/h1-7,11,17H,8H2,(H,14,18)(H,19,20). The first-order valence-corrected chi connectivity index (χ1v) is 5.87. The maximum Gasteiger partial charge on any atom is 0.328 e. The molecule has 2 rings (SSSR count). The lowest BCUT2D eigenvalue weighted by Gasteiger charge is -2.09. The second-order valence-electron chi connectivity index (χ2n) is 4.03. The summed E-state index contributed by atoms with van der Waals surface area (Å²) in [6, 6.07) is 9.30. The molecule has 1 aromatic heterocycles. The van der Waals surface area contributed by atoms with Crippen LogP contribution < -0.4 is 5.32 Å². The zero-order valence-corrected chi connectivity index (χ0v) is 10.4. The number of rotatable bonds is 5. The van der Waals surface area contributed by atoms with Gasteiger partial charge in [0, 0.05) is 6.20 Å². The van der Waals surface area contributed by atoms with E-state index < -0.39 is 24.5 Å². The molecule has 0 bridgehead atoms. The highest BCUT2D eigenvalue weighted by atomic mass is 16.4. The monoisotopic (exact) mass is 275 g/mol. The third-order valence-electron chi connectivity index (χ3n) is 2.63. The van der Waals surface area contributed by atoms with Crippen LogP contribution in [0.1, 0.15) is 10.5 Å². The molecule has 0 fully saturated rings. The van der Waals surface area contributed by atoms with Gasteiger partial charge in [-0.3, -0.25) is 4.79 Å². The Kier molecular flexibility index (Phi) is 4.11. The van der Waals surface area contributed by atoms with Gasteiger partial charge >= 0.3 is 5.97 Å². The van der Waals surface area contributed by atoms with Gasteiger partial charge in [-0.2, -0.15) is 5.10 Å². The Morgan fingerprint density at radius 3 is 2.55 bits per heavy atom. The number of hydrogen-bond donors (Lipinski definition) is 3. The minimum atomic E-state index is -1.34. The van der Waals surface area contributed by atoms with Crippen LogP contribution in [0.25, 0.3) is 5.69 Å². The highest BCUT2D eigenvalue weighted by Crippen LogP contribution is 2.06. The van der Waals surface area contributed by atoms with Gasteiger partial charge in [0.1, 0.15) is 0 Å². The summed E-state index contributed by atoms with van der Waals surface area (Å²) in [6.07, 6.45) is 1.60. The molecule has 104 valence electrons. The van der Waals surface area contributed by atoms with Crippen LogP contribution in [0.3, 0.4) is 0 Å². The Hall–Kier alpha value is -2.67. The van der Waals surface area contributed by atoms with Crippen molar-refractivity contribution in [2.24, 2.45) is 0 Å². The van der Waals surface area contributed by atoms with E-state index in [9.17, 15) is 9.59 Å². The summed E-state index contributed by atoms with van der Waals surface area (Å²) in [5, 5.41) is 23.8. The van der Waals surface area contributed by atoms with Crippen molar-refractivity contribution in [1.29, 1.82) is 0 Å². The summed E-state index contributed by atoms with van der Waals surface area (Å²) in [6.45, 7) is -0.680. The van der Waals surface area contributed by atoms with E-state index in [1.54, 1.807) is 6.20 Å². The van der Waals surface area contributed by atoms with E-state index >= 15 is 0 Å². The van der Waals surface area contributed by atoms with Crippen LogP contribution in [-0.4, -0.2) is 44.5 Å². The minimum absolute atomic E-state index is 0.0774. The van der Waals surface area contributed by atoms with Crippen LogP contribution in [0.5, 0.6) is 0 Å². The van der Waals surface area contributed by atoms with Crippen molar-refractivity contribution in [3.05, 3.63) is 48.3 Å². The molecule has 1 heterocycles. The molecule has 0 saturated heterocycles. The van der Waals surface area contributed by atoms with E-state index in [1.807, 2.05) is 30.3 Å². The van der Waals surface area contributed by atoms with E-state index in [4.69, 9.17) is 10.2 Å². The molecule has 7 heteroatoms. The quantitative estimate of drug-likeness (QED) is 0.715. The lowest BCUT2D eigenvalue weighted by atomic mass is 10.3. The van der Waals surface area contributed by atoms with Gasteiger partial charge in [0.15, 0.2) is 11.7 Å². The van der Waals surface area contributed by atoms with Gasteiger partial charge in [0.25, 0.3) is 5.91 Å². The van der Waals surface area contributed by atoms with Crippen molar-refractivity contribution < 1.29 is 19.8 Å². The number of carboxylic acid groups (broad SMARTS) is 1. The van der Waals surface area contributed by atoms with Crippen LogP contribution >= 0.6 is 0 Å². The Labute approximate surface area is 114 Å². The summed E-state index contributed by atoms with van der Waals surface area (Å²) in [5.74, 6) is -1.95. The van der Waals surface area contributed by atoms with Crippen molar-refractivity contribution in [2.75, 3.05) is 6.61 Å². The fraction of sp³-hybridized carbons (Fsp3) is 0.154. The second-order valence-corrected chi connectivity index (χ2v) is 4.03. The Bertz CT molecular complexity index is 609. The number of aliphatic carboxylic acids is 1. The largest absolute Gasteiger partial charge is 0.480 e. The van der Waals surface area contributed by atoms with Crippen molar-refractivity contribution >= 4 is 11.9 Å². The van der Waals surface area contributed by atoms with Gasteiger partial charge in [-0.1, -0.05) is 18.2 Å². The van der Waals surface area contributed by atoms with E-state index in [-0.39, 0.29) is 5.69 Å². The van der Waals surface area contributed by atoms with Crippen LogP contribution in [0.15, 0.2) is 42.6 Å². The number of nitrogens with one attached hydrogen (secondary N) is 1. The number of benzene rings is 1. The number of aliphatic hydroxyl groups is 1. The molecule has 0 saturated carbocycles. The molecule has 0 aliphatic heterocycles. The number of aromatic nitrogens is 2. The molecule has 0 aliphatic carbocycles. The van der Waals surface area contributed by atoms with Crippen LogP contribution in [0, 0.1) is 0 Å². The number of carbonyl (C=O) groups is 2. The zero-order valence-electron chi connectivity index (χ0n) is 10.4. The Balaban J connectivity index is 2.13. The summed E-state index contributed by atoms with van der Waals surface area (Å²) in [5.41, 5.74) is 0.858.